The van der Waals surface area contributed by atoms with Crippen LogP contribution in [-0.4, -0.2) is 18.9 Å². The number of carbonyl (C=O) groups is 1. The van der Waals surface area contributed by atoms with Gasteiger partial charge in [-0.3, -0.25) is 4.79 Å². The molecule has 2 aromatic rings. The molecule has 0 unspecified atom stereocenters. The Morgan fingerprint density at radius 3 is 2.14 bits per heavy atom. The molecule has 0 bridgehead atoms. The zero-order chi connectivity index (χ0) is 16.1. The van der Waals surface area contributed by atoms with E-state index in [1.165, 1.54) is 0 Å². The molecule has 0 radical (unpaired) electrons. The zero-order valence-corrected chi connectivity index (χ0v) is 13.5. The Kier molecular flexibility index (Phi) is 5.39. The molecule has 0 aliphatic rings. The highest BCUT2D eigenvalue weighted by Crippen LogP contribution is 2.25. The highest BCUT2D eigenvalue weighted by Gasteiger charge is 2.10. The fraction of sp³-hybridized carbons (Fsp3) is 0.389. The van der Waals surface area contributed by atoms with Gasteiger partial charge in [-0.05, 0) is 48.9 Å². The van der Waals surface area contributed by atoms with Crippen molar-refractivity contribution in [3.63, 3.8) is 0 Å². The van der Waals surface area contributed by atoms with Crippen LogP contribution in [0, 0.1) is 5.92 Å². The van der Waals surface area contributed by atoms with E-state index in [0.29, 0.717) is 5.75 Å². The van der Waals surface area contributed by atoms with Crippen molar-refractivity contribution in [3.8, 4) is 11.5 Å². The maximum atomic E-state index is 11.6. The summed E-state index contributed by atoms with van der Waals surface area (Å²) < 4.78 is 16.2. The van der Waals surface area contributed by atoms with Gasteiger partial charge in [0, 0.05) is 0 Å². The van der Waals surface area contributed by atoms with Crippen LogP contribution in [0.4, 0.5) is 0 Å². The smallest absolute Gasteiger partial charge is 0.313 e. The first-order chi connectivity index (χ1) is 10.5. The lowest BCUT2D eigenvalue weighted by atomic mass is 10.1. The Labute approximate surface area is 131 Å². The van der Waals surface area contributed by atoms with Crippen molar-refractivity contribution >= 4 is 16.7 Å². The predicted octanol–water partition coefficient (Wildman–Crippen LogP) is 4.16. The largest absolute Gasteiger partial charge is 0.468 e. The average molecular weight is 302 g/mol. The van der Waals surface area contributed by atoms with E-state index < -0.39 is 0 Å². The van der Waals surface area contributed by atoms with Gasteiger partial charge < -0.3 is 14.2 Å². The van der Waals surface area contributed by atoms with Crippen molar-refractivity contribution < 1.29 is 19.0 Å². The molecule has 0 amide bonds. The summed E-state index contributed by atoms with van der Waals surface area (Å²) in [5.74, 6) is 0.931. The lowest BCUT2D eigenvalue weighted by Gasteiger charge is -2.11. The van der Waals surface area contributed by atoms with Gasteiger partial charge in [0.1, 0.15) is 11.5 Å². The number of fused-ring (bicyclic) bond motifs is 1. The molecular formula is C18H22O4. The molecule has 0 atom stereocenters. The summed E-state index contributed by atoms with van der Waals surface area (Å²) in [6.07, 6.45) is 0.138. The zero-order valence-electron chi connectivity index (χ0n) is 13.5. The Morgan fingerprint density at radius 1 is 0.955 bits per heavy atom. The lowest BCUT2D eigenvalue weighted by molar-refractivity contribution is -0.137. The summed E-state index contributed by atoms with van der Waals surface area (Å²) in [7, 11) is 0. The van der Waals surface area contributed by atoms with Crippen LogP contribution in [0.2, 0.25) is 0 Å². The molecule has 2 rings (SSSR count). The van der Waals surface area contributed by atoms with Gasteiger partial charge in [-0.2, -0.15) is 0 Å². The van der Waals surface area contributed by atoms with Crippen LogP contribution >= 0.6 is 0 Å². The summed E-state index contributed by atoms with van der Waals surface area (Å²) in [4.78, 5) is 11.6. The summed E-state index contributed by atoms with van der Waals surface area (Å²) in [5, 5.41) is 2.01. The molecule has 118 valence electrons. The van der Waals surface area contributed by atoms with Crippen LogP contribution < -0.4 is 9.47 Å². The minimum atomic E-state index is -0.231. The van der Waals surface area contributed by atoms with E-state index in [1.54, 1.807) is 6.07 Å². The molecule has 0 aliphatic heterocycles. The minimum Gasteiger partial charge on any atom is -0.468 e. The normalized spacial score (nSPS) is 11.2. The fourth-order valence-corrected chi connectivity index (χ4v) is 1.83. The molecule has 0 aromatic heterocycles. The van der Waals surface area contributed by atoms with Gasteiger partial charge in [-0.25, -0.2) is 0 Å². The van der Waals surface area contributed by atoms with E-state index in [9.17, 15) is 4.79 Å². The number of rotatable bonds is 6. The van der Waals surface area contributed by atoms with Crippen LogP contribution in [0.15, 0.2) is 36.4 Å². The number of benzene rings is 2. The van der Waals surface area contributed by atoms with Gasteiger partial charge in [0.05, 0.1) is 12.0 Å². The van der Waals surface area contributed by atoms with Gasteiger partial charge in [0.2, 0.25) is 0 Å². The van der Waals surface area contributed by atoms with Crippen molar-refractivity contribution in [1.82, 2.24) is 0 Å². The topological polar surface area (TPSA) is 44.8 Å². The number of hydrogen-bond donors (Lipinski definition) is 0. The Bertz CT molecular complexity index is 647. The predicted molar refractivity (Wildman–Crippen MR) is 86.1 cm³/mol. The molecule has 0 spiro atoms. The van der Waals surface area contributed by atoms with Crippen LogP contribution in [-0.2, 0) is 9.53 Å². The number of esters is 1. The first-order valence-corrected chi connectivity index (χ1v) is 7.45. The average Bonchev–Trinajstić information content (AvgIpc) is 2.46. The SMILES string of the molecule is CC(C)OCOc1ccc2cc(OC(=O)C(C)C)ccc2c1. The van der Waals surface area contributed by atoms with E-state index in [-0.39, 0.29) is 24.8 Å². The van der Waals surface area contributed by atoms with E-state index in [4.69, 9.17) is 14.2 Å². The van der Waals surface area contributed by atoms with Crippen LogP contribution in [0.1, 0.15) is 27.7 Å². The molecule has 0 aliphatic carbocycles. The van der Waals surface area contributed by atoms with E-state index in [2.05, 4.69) is 0 Å². The monoisotopic (exact) mass is 302 g/mol. The van der Waals surface area contributed by atoms with Crippen molar-refractivity contribution in [3.05, 3.63) is 36.4 Å². The maximum Gasteiger partial charge on any atom is 0.313 e. The van der Waals surface area contributed by atoms with Crippen LogP contribution in [0.5, 0.6) is 11.5 Å². The molecule has 22 heavy (non-hydrogen) atoms. The van der Waals surface area contributed by atoms with E-state index in [1.807, 2.05) is 58.0 Å². The van der Waals surface area contributed by atoms with Crippen LogP contribution in [0.3, 0.4) is 0 Å². The van der Waals surface area contributed by atoms with Crippen molar-refractivity contribution in [2.45, 2.75) is 33.8 Å². The second-order valence-corrected chi connectivity index (χ2v) is 5.72. The molecule has 4 heteroatoms. The van der Waals surface area contributed by atoms with Crippen molar-refractivity contribution in [2.75, 3.05) is 6.79 Å². The number of carbonyl (C=O) groups excluding carboxylic acids is 1. The second kappa shape index (κ2) is 7.27. The molecule has 0 N–H and O–H groups in total. The highest BCUT2D eigenvalue weighted by atomic mass is 16.7. The van der Waals surface area contributed by atoms with Crippen molar-refractivity contribution in [1.29, 1.82) is 0 Å². The van der Waals surface area contributed by atoms with Gasteiger partial charge >= 0.3 is 5.97 Å². The van der Waals surface area contributed by atoms with Gasteiger partial charge in [-0.1, -0.05) is 26.0 Å². The molecule has 4 nitrogen and oxygen atoms in total. The molecular weight excluding hydrogens is 280 g/mol. The maximum absolute atomic E-state index is 11.6. The minimum absolute atomic E-state index is 0.138. The third-order valence-corrected chi connectivity index (χ3v) is 3.10. The molecule has 0 fully saturated rings. The molecule has 0 heterocycles. The fourth-order valence-electron chi connectivity index (χ4n) is 1.83. The van der Waals surface area contributed by atoms with Gasteiger partial charge in [0.25, 0.3) is 0 Å². The highest BCUT2D eigenvalue weighted by molar-refractivity contribution is 5.86. The number of ether oxygens (including phenoxy) is 3. The quantitative estimate of drug-likeness (QED) is 0.456. The molecule has 0 saturated heterocycles. The molecule has 2 aromatic carbocycles. The summed E-state index contributed by atoms with van der Waals surface area (Å²) in [6, 6.07) is 11.3. The van der Waals surface area contributed by atoms with Gasteiger partial charge in [-0.15, -0.1) is 0 Å². The first kappa shape index (κ1) is 16.3. The second-order valence-electron chi connectivity index (χ2n) is 5.72. The summed E-state index contributed by atoms with van der Waals surface area (Å²) >= 11 is 0. The van der Waals surface area contributed by atoms with Gasteiger partial charge in [0.15, 0.2) is 6.79 Å². The Hall–Kier alpha value is -2.07. The Balaban J connectivity index is 2.09. The van der Waals surface area contributed by atoms with Crippen LogP contribution in [0.25, 0.3) is 10.8 Å². The van der Waals surface area contributed by atoms with E-state index in [0.717, 1.165) is 16.5 Å². The van der Waals surface area contributed by atoms with Crippen molar-refractivity contribution in [2.24, 2.45) is 5.92 Å². The Morgan fingerprint density at radius 2 is 1.55 bits per heavy atom. The third kappa shape index (κ3) is 4.46. The third-order valence-electron chi connectivity index (χ3n) is 3.10. The first-order valence-electron chi connectivity index (χ1n) is 7.45. The lowest BCUT2D eigenvalue weighted by Crippen LogP contribution is -2.14. The molecule has 0 saturated carbocycles. The van der Waals surface area contributed by atoms with E-state index >= 15 is 0 Å². The summed E-state index contributed by atoms with van der Waals surface area (Å²) in [5.41, 5.74) is 0. The summed E-state index contributed by atoms with van der Waals surface area (Å²) in [6.45, 7) is 7.78. The standard InChI is InChI=1S/C18H22O4/c1-12(2)18(19)22-17-8-6-14-9-16(7-5-15(14)10-17)21-11-20-13(3)4/h5-10,12-13H,11H2,1-4H3. The number of hydrogen-bond acceptors (Lipinski definition) is 4.